The van der Waals surface area contributed by atoms with Crippen molar-refractivity contribution in [1.82, 2.24) is 0 Å². The standard InChI is InChI=1S/C15H16O4/c1-18-12-5-6-13(14(9-12)19-2)11-4-3-10(7-11)8-15(16)17/h5-9H,3-4H2,1-2H3,(H,16,17)/b10-8+. The van der Waals surface area contributed by atoms with Gasteiger partial charge in [0.1, 0.15) is 11.5 Å². The van der Waals surface area contributed by atoms with E-state index in [1.807, 2.05) is 24.3 Å². The van der Waals surface area contributed by atoms with Crippen LogP contribution in [0.3, 0.4) is 0 Å². The molecule has 4 heteroatoms. The molecule has 1 aliphatic carbocycles. The number of allylic oxidation sites excluding steroid dienone is 3. The van der Waals surface area contributed by atoms with Crippen molar-refractivity contribution in [2.24, 2.45) is 0 Å². The van der Waals surface area contributed by atoms with Gasteiger partial charge >= 0.3 is 5.97 Å². The predicted octanol–water partition coefficient (Wildman–Crippen LogP) is 2.89. The van der Waals surface area contributed by atoms with Crippen LogP contribution in [0.15, 0.2) is 35.9 Å². The molecule has 0 saturated heterocycles. The van der Waals surface area contributed by atoms with E-state index < -0.39 is 5.97 Å². The molecule has 19 heavy (non-hydrogen) atoms. The summed E-state index contributed by atoms with van der Waals surface area (Å²) in [7, 11) is 3.22. The minimum absolute atomic E-state index is 0.737. The van der Waals surface area contributed by atoms with Gasteiger partial charge in [0.2, 0.25) is 0 Å². The van der Waals surface area contributed by atoms with Crippen molar-refractivity contribution in [1.29, 1.82) is 0 Å². The molecule has 1 aromatic carbocycles. The number of ether oxygens (including phenoxy) is 2. The van der Waals surface area contributed by atoms with Gasteiger partial charge < -0.3 is 14.6 Å². The second kappa shape index (κ2) is 5.61. The molecular formula is C15H16O4. The third-order valence-corrected chi connectivity index (χ3v) is 3.11. The molecule has 1 aliphatic rings. The van der Waals surface area contributed by atoms with Crippen molar-refractivity contribution < 1.29 is 19.4 Å². The summed E-state index contributed by atoms with van der Waals surface area (Å²) in [5.41, 5.74) is 2.91. The Kier molecular flexibility index (Phi) is 3.90. The van der Waals surface area contributed by atoms with E-state index in [1.165, 1.54) is 6.08 Å². The molecule has 0 fully saturated rings. The first-order valence-electron chi connectivity index (χ1n) is 6.00. The van der Waals surface area contributed by atoms with Crippen molar-refractivity contribution in [3.8, 4) is 11.5 Å². The maximum absolute atomic E-state index is 10.7. The van der Waals surface area contributed by atoms with E-state index in [9.17, 15) is 4.79 Å². The molecule has 0 amide bonds. The van der Waals surface area contributed by atoms with Gasteiger partial charge in [-0.05, 0) is 36.1 Å². The van der Waals surface area contributed by atoms with Gasteiger partial charge in [0.15, 0.2) is 0 Å². The number of carboxylic acid groups (broad SMARTS) is 1. The first kappa shape index (κ1) is 13.2. The van der Waals surface area contributed by atoms with E-state index in [0.717, 1.165) is 41.1 Å². The zero-order chi connectivity index (χ0) is 13.8. The number of aliphatic carboxylic acids is 1. The van der Waals surface area contributed by atoms with Crippen molar-refractivity contribution in [2.75, 3.05) is 14.2 Å². The van der Waals surface area contributed by atoms with Gasteiger partial charge in [0, 0.05) is 17.7 Å². The monoisotopic (exact) mass is 260 g/mol. The van der Waals surface area contributed by atoms with E-state index in [2.05, 4.69) is 0 Å². The average molecular weight is 260 g/mol. The maximum Gasteiger partial charge on any atom is 0.328 e. The lowest BCUT2D eigenvalue weighted by molar-refractivity contribution is -0.131. The number of methoxy groups -OCH3 is 2. The van der Waals surface area contributed by atoms with E-state index >= 15 is 0 Å². The fraction of sp³-hybridized carbons (Fsp3) is 0.267. The van der Waals surface area contributed by atoms with Crippen molar-refractivity contribution in [3.05, 3.63) is 41.5 Å². The first-order chi connectivity index (χ1) is 9.13. The molecule has 100 valence electrons. The van der Waals surface area contributed by atoms with Crippen LogP contribution in [-0.4, -0.2) is 25.3 Å². The lowest BCUT2D eigenvalue weighted by atomic mass is 10.0. The zero-order valence-electron chi connectivity index (χ0n) is 11.0. The summed E-state index contributed by atoms with van der Waals surface area (Å²) in [5, 5.41) is 8.75. The highest BCUT2D eigenvalue weighted by Crippen LogP contribution is 2.37. The summed E-state index contributed by atoms with van der Waals surface area (Å²) in [6, 6.07) is 5.64. The van der Waals surface area contributed by atoms with Crippen molar-refractivity contribution in [2.45, 2.75) is 12.8 Å². The van der Waals surface area contributed by atoms with Crippen molar-refractivity contribution in [3.63, 3.8) is 0 Å². The predicted molar refractivity (Wildman–Crippen MR) is 72.5 cm³/mol. The van der Waals surface area contributed by atoms with Crippen LogP contribution in [0.4, 0.5) is 0 Å². The van der Waals surface area contributed by atoms with E-state index in [-0.39, 0.29) is 0 Å². The number of rotatable bonds is 4. The number of carbonyl (C=O) groups is 1. The Morgan fingerprint density at radius 2 is 2.05 bits per heavy atom. The van der Waals surface area contributed by atoms with Crippen LogP contribution in [0.2, 0.25) is 0 Å². The molecule has 4 nitrogen and oxygen atoms in total. The molecule has 0 radical (unpaired) electrons. The first-order valence-corrected chi connectivity index (χ1v) is 6.00. The summed E-state index contributed by atoms with van der Waals surface area (Å²) < 4.78 is 10.5. The molecule has 2 rings (SSSR count). The maximum atomic E-state index is 10.7. The van der Waals surface area contributed by atoms with Gasteiger partial charge in [-0.1, -0.05) is 6.08 Å². The Bertz CT molecular complexity index is 555. The Labute approximate surface area is 112 Å². The Hall–Kier alpha value is -2.23. The summed E-state index contributed by atoms with van der Waals surface area (Å²) >= 11 is 0. The third-order valence-electron chi connectivity index (χ3n) is 3.11. The molecule has 1 N–H and O–H groups in total. The van der Waals surface area contributed by atoms with Gasteiger partial charge in [-0.2, -0.15) is 0 Å². The molecule has 0 spiro atoms. The highest BCUT2D eigenvalue weighted by Gasteiger charge is 2.16. The summed E-state index contributed by atoms with van der Waals surface area (Å²) in [6.07, 6.45) is 4.74. The van der Waals surface area contributed by atoms with E-state index in [1.54, 1.807) is 14.2 Å². The minimum atomic E-state index is -0.908. The van der Waals surface area contributed by atoms with Crippen LogP contribution in [0.25, 0.3) is 5.57 Å². The number of hydrogen-bond acceptors (Lipinski definition) is 3. The molecule has 0 aliphatic heterocycles. The lowest BCUT2D eigenvalue weighted by Gasteiger charge is -2.10. The number of hydrogen-bond donors (Lipinski definition) is 1. The number of carboxylic acids is 1. The smallest absolute Gasteiger partial charge is 0.328 e. The second-order valence-corrected chi connectivity index (χ2v) is 4.29. The SMILES string of the molecule is COc1ccc(C2=C/C(=C/C(=O)O)CC2)c(OC)c1. The van der Waals surface area contributed by atoms with Gasteiger partial charge in [-0.3, -0.25) is 0 Å². The minimum Gasteiger partial charge on any atom is -0.497 e. The van der Waals surface area contributed by atoms with E-state index in [4.69, 9.17) is 14.6 Å². The van der Waals surface area contributed by atoms with Crippen molar-refractivity contribution >= 4 is 11.5 Å². The van der Waals surface area contributed by atoms with Crippen LogP contribution >= 0.6 is 0 Å². The Morgan fingerprint density at radius 3 is 2.68 bits per heavy atom. The highest BCUT2D eigenvalue weighted by molar-refractivity contribution is 5.84. The topological polar surface area (TPSA) is 55.8 Å². The highest BCUT2D eigenvalue weighted by atomic mass is 16.5. The quantitative estimate of drug-likeness (QED) is 0.846. The molecule has 0 unspecified atom stereocenters. The fourth-order valence-corrected chi connectivity index (χ4v) is 2.20. The molecular weight excluding hydrogens is 244 g/mol. The van der Waals surface area contributed by atoms with Crippen LogP contribution in [0.5, 0.6) is 11.5 Å². The normalized spacial score (nSPS) is 16.3. The summed E-state index contributed by atoms with van der Waals surface area (Å²) in [6.45, 7) is 0. The number of benzene rings is 1. The van der Waals surface area contributed by atoms with Gasteiger partial charge in [-0.25, -0.2) is 4.79 Å². The summed E-state index contributed by atoms with van der Waals surface area (Å²) in [5.74, 6) is 0.567. The van der Waals surface area contributed by atoms with Crippen LogP contribution in [0.1, 0.15) is 18.4 Å². The molecule has 0 aromatic heterocycles. The van der Waals surface area contributed by atoms with Gasteiger partial charge in [0.05, 0.1) is 14.2 Å². The molecule has 0 bridgehead atoms. The largest absolute Gasteiger partial charge is 0.497 e. The third kappa shape index (κ3) is 2.96. The zero-order valence-corrected chi connectivity index (χ0v) is 11.0. The second-order valence-electron chi connectivity index (χ2n) is 4.29. The van der Waals surface area contributed by atoms with Crippen LogP contribution in [-0.2, 0) is 4.79 Å². The summed E-state index contributed by atoms with van der Waals surface area (Å²) in [4.78, 5) is 10.7. The fourth-order valence-electron chi connectivity index (χ4n) is 2.20. The Morgan fingerprint density at radius 1 is 1.26 bits per heavy atom. The molecule has 0 saturated carbocycles. The van der Waals surface area contributed by atoms with Gasteiger partial charge in [0.25, 0.3) is 0 Å². The Balaban J connectivity index is 2.35. The van der Waals surface area contributed by atoms with E-state index in [0.29, 0.717) is 0 Å². The van der Waals surface area contributed by atoms with Gasteiger partial charge in [-0.15, -0.1) is 0 Å². The molecule has 0 heterocycles. The van der Waals surface area contributed by atoms with Crippen LogP contribution < -0.4 is 9.47 Å². The molecule has 1 aromatic rings. The lowest BCUT2D eigenvalue weighted by Crippen LogP contribution is -1.92. The molecule has 0 atom stereocenters. The average Bonchev–Trinajstić information content (AvgIpc) is 2.85. The van der Waals surface area contributed by atoms with Crippen LogP contribution in [0, 0.1) is 0 Å².